The van der Waals surface area contributed by atoms with Gasteiger partial charge in [0.1, 0.15) is 17.6 Å². The van der Waals surface area contributed by atoms with Crippen LogP contribution in [-0.4, -0.2) is 24.1 Å². The lowest BCUT2D eigenvalue weighted by molar-refractivity contribution is -0.114. The maximum absolute atomic E-state index is 13.3. The SMILES string of the molecule is C=C(F)C(=O)Nc1cc2c(Nc3ccc(OCC4CC4)c(Cl)c3)c(C#N)cnc2cc1OCC. The van der Waals surface area contributed by atoms with E-state index in [0.717, 1.165) is 0 Å². The highest BCUT2D eigenvalue weighted by atomic mass is 35.5. The highest BCUT2D eigenvalue weighted by Crippen LogP contribution is 2.38. The third-order valence-corrected chi connectivity index (χ3v) is 5.55. The molecule has 34 heavy (non-hydrogen) atoms. The zero-order chi connectivity index (χ0) is 24.2. The van der Waals surface area contributed by atoms with Crippen LogP contribution in [0.25, 0.3) is 10.9 Å². The monoisotopic (exact) mass is 480 g/mol. The van der Waals surface area contributed by atoms with Crippen LogP contribution in [0.15, 0.2) is 48.9 Å². The first-order valence-electron chi connectivity index (χ1n) is 10.7. The first-order chi connectivity index (χ1) is 16.4. The van der Waals surface area contributed by atoms with Crippen molar-refractivity contribution < 1.29 is 18.7 Å². The van der Waals surface area contributed by atoms with Gasteiger partial charge in [-0.2, -0.15) is 5.26 Å². The number of fused-ring (bicyclic) bond motifs is 1. The zero-order valence-corrected chi connectivity index (χ0v) is 19.2. The summed E-state index contributed by atoms with van der Waals surface area (Å²) in [7, 11) is 0. The van der Waals surface area contributed by atoms with Gasteiger partial charge in [0.05, 0.1) is 40.7 Å². The number of hydrogen-bond acceptors (Lipinski definition) is 6. The molecule has 9 heteroatoms. The topological polar surface area (TPSA) is 96.3 Å². The second-order valence-corrected chi connectivity index (χ2v) is 8.25. The maximum atomic E-state index is 13.3. The molecule has 0 bridgehead atoms. The lowest BCUT2D eigenvalue weighted by Gasteiger charge is -2.16. The van der Waals surface area contributed by atoms with Crippen molar-refractivity contribution in [1.29, 1.82) is 5.26 Å². The normalized spacial score (nSPS) is 12.6. The number of nitrogens with zero attached hydrogens (tertiary/aromatic N) is 2. The van der Waals surface area contributed by atoms with Crippen LogP contribution in [-0.2, 0) is 4.79 Å². The molecule has 1 saturated carbocycles. The van der Waals surface area contributed by atoms with Crippen molar-refractivity contribution in [3.63, 3.8) is 0 Å². The van der Waals surface area contributed by atoms with Gasteiger partial charge in [-0.15, -0.1) is 0 Å². The van der Waals surface area contributed by atoms with Gasteiger partial charge < -0.3 is 20.1 Å². The molecule has 1 amide bonds. The fourth-order valence-electron chi connectivity index (χ4n) is 3.33. The molecular formula is C25H22ClFN4O3. The van der Waals surface area contributed by atoms with E-state index in [2.05, 4.69) is 28.3 Å². The molecule has 3 aromatic rings. The van der Waals surface area contributed by atoms with Gasteiger partial charge in [0.25, 0.3) is 5.91 Å². The summed E-state index contributed by atoms with van der Waals surface area (Å²) in [5, 5.41) is 16.3. The number of pyridine rings is 1. The summed E-state index contributed by atoms with van der Waals surface area (Å²) < 4.78 is 24.7. The number of anilines is 3. The van der Waals surface area contributed by atoms with Crippen LogP contribution in [0.1, 0.15) is 25.3 Å². The standard InChI is InChI=1S/C25H22ClFN4O3/c1-3-33-23-10-20-18(9-21(23)31-25(32)14(2)27)24(16(11-28)12-29-20)30-17-6-7-22(19(26)8-17)34-13-15-4-5-15/h6-10,12,15H,2-5,13H2,1H3,(H,29,30)(H,31,32). The van der Waals surface area contributed by atoms with E-state index in [4.69, 9.17) is 21.1 Å². The summed E-state index contributed by atoms with van der Waals surface area (Å²) in [5.41, 5.74) is 2.09. The van der Waals surface area contributed by atoms with Crippen molar-refractivity contribution in [2.75, 3.05) is 23.8 Å². The molecule has 0 spiro atoms. The average Bonchev–Trinajstić information content (AvgIpc) is 3.64. The second-order valence-electron chi connectivity index (χ2n) is 7.84. The lowest BCUT2D eigenvalue weighted by Crippen LogP contribution is -2.12. The van der Waals surface area contributed by atoms with Crippen molar-refractivity contribution in [2.24, 2.45) is 5.92 Å². The summed E-state index contributed by atoms with van der Waals surface area (Å²) in [6.07, 6.45) is 3.79. The van der Waals surface area contributed by atoms with Gasteiger partial charge in [-0.25, -0.2) is 4.39 Å². The Kier molecular flexibility index (Phi) is 6.85. The van der Waals surface area contributed by atoms with E-state index in [1.54, 1.807) is 37.3 Å². The molecule has 0 unspecified atom stereocenters. The first-order valence-corrected chi connectivity index (χ1v) is 11.1. The van der Waals surface area contributed by atoms with Crippen LogP contribution < -0.4 is 20.1 Å². The molecule has 1 aliphatic rings. The quantitative estimate of drug-likeness (QED) is 0.358. The van der Waals surface area contributed by atoms with Crippen LogP contribution in [0.2, 0.25) is 5.02 Å². The van der Waals surface area contributed by atoms with Crippen LogP contribution >= 0.6 is 11.6 Å². The second kappa shape index (κ2) is 9.98. The molecule has 4 rings (SSSR count). The van der Waals surface area contributed by atoms with Crippen molar-refractivity contribution in [1.82, 2.24) is 4.98 Å². The number of nitriles is 1. The number of rotatable bonds is 9. The Hall–Kier alpha value is -3.83. The Morgan fingerprint density at radius 1 is 1.29 bits per heavy atom. The van der Waals surface area contributed by atoms with Crippen LogP contribution in [0, 0.1) is 17.2 Å². The van der Waals surface area contributed by atoms with E-state index in [9.17, 15) is 14.4 Å². The Morgan fingerprint density at radius 2 is 2.09 bits per heavy atom. The Balaban J connectivity index is 1.73. The highest BCUT2D eigenvalue weighted by Gasteiger charge is 2.22. The number of hydrogen-bond donors (Lipinski definition) is 2. The number of amides is 1. The fraction of sp³-hybridized carbons (Fsp3) is 0.240. The minimum Gasteiger partial charge on any atom is -0.492 e. The summed E-state index contributed by atoms with van der Waals surface area (Å²) in [6.45, 7) is 5.76. The maximum Gasteiger partial charge on any atom is 0.283 e. The molecule has 1 heterocycles. The molecule has 7 nitrogen and oxygen atoms in total. The fourth-order valence-corrected chi connectivity index (χ4v) is 3.57. The van der Waals surface area contributed by atoms with Crippen molar-refractivity contribution in [2.45, 2.75) is 19.8 Å². The number of halogens is 2. The molecule has 0 saturated heterocycles. The van der Waals surface area contributed by atoms with Crippen molar-refractivity contribution in [3.8, 4) is 17.6 Å². The minimum absolute atomic E-state index is 0.222. The van der Waals surface area contributed by atoms with Crippen molar-refractivity contribution >= 4 is 45.5 Å². The highest BCUT2D eigenvalue weighted by molar-refractivity contribution is 6.32. The van der Waals surface area contributed by atoms with Gasteiger partial charge in [-0.05, 0) is 49.9 Å². The van der Waals surface area contributed by atoms with E-state index >= 15 is 0 Å². The Labute approximate surface area is 201 Å². The van der Waals surface area contributed by atoms with Crippen LogP contribution in [0.3, 0.4) is 0 Å². The summed E-state index contributed by atoms with van der Waals surface area (Å²) in [4.78, 5) is 16.3. The first kappa shape index (κ1) is 23.3. The van der Waals surface area contributed by atoms with Gasteiger partial charge in [-0.1, -0.05) is 18.2 Å². The molecular weight excluding hydrogens is 459 g/mol. The van der Waals surface area contributed by atoms with E-state index in [1.165, 1.54) is 19.0 Å². The number of nitrogens with one attached hydrogen (secondary N) is 2. The molecule has 174 valence electrons. The molecule has 0 radical (unpaired) electrons. The summed E-state index contributed by atoms with van der Waals surface area (Å²) >= 11 is 6.41. The minimum atomic E-state index is -1.14. The average molecular weight is 481 g/mol. The van der Waals surface area contributed by atoms with E-state index in [0.29, 0.717) is 57.9 Å². The number of ether oxygens (including phenoxy) is 2. The number of carbonyl (C=O) groups is 1. The predicted molar refractivity (Wildman–Crippen MR) is 129 cm³/mol. The molecule has 1 fully saturated rings. The number of benzene rings is 2. The smallest absolute Gasteiger partial charge is 0.283 e. The van der Waals surface area contributed by atoms with E-state index in [-0.39, 0.29) is 11.3 Å². The van der Waals surface area contributed by atoms with E-state index in [1.807, 2.05) is 0 Å². The zero-order valence-electron chi connectivity index (χ0n) is 18.5. The molecule has 0 atom stereocenters. The summed E-state index contributed by atoms with van der Waals surface area (Å²) in [5.74, 6) is -0.623. The lowest BCUT2D eigenvalue weighted by atomic mass is 10.1. The third-order valence-electron chi connectivity index (χ3n) is 5.26. The largest absolute Gasteiger partial charge is 0.492 e. The van der Waals surface area contributed by atoms with Gasteiger partial charge in [-0.3, -0.25) is 9.78 Å². The number of carbonyl (C=O) groups excluding carboxylic acids is 1. The molecule has 2 aromatic carbocycles. The van der Waals surface area contributed by atoms with E-state index < -0.39 is 11.7 Å². The predicted octanol–water partition coefficient (Wildman–Crippen LogP) is 6.11. The summed E-state index contributed by atoms with van der Waals surface area (Å²) in [6, 6.07) is 10.6. The molecule has 2 N–H and O–H groups in total. The molecule has 0 aliphatic heterocycles. The van der Waals surface area contributed by atoms with Crippen molar-refractivity contribution in [3.05, 3.63) is 59.5 Å². The Morgan fingerprint density at radius 3 is 2.74 bits per heavy atom. The van der Waals surface area contributed by atoms with Gasteiger partial charge in [0.2, 0.25) is 0 Å². The van der Waals surface area contributed by atoms with Gasteiger partial charge in [0, 0.05) is 23.3 Å². The van der Waals surface area contributed by atoms with Gasteiger partial charge in [0.15, 0.2) is 5.83 Å². The number of aromatic nitrogens is 1. The molecule has 1 aliphatic carbocycles. The Bertz CT molecular complexity index is 1320. The van der Waals surface area contributed by atoms with Crippen LogP contribution in [0.5, 0.6) is 11.5 Å². The van der Waals surface area contributed by atoms with Gasteiger partial charge >= 0.3 is 0 Å². The molecule has 1 aromatic heterocycles. The van der Waals surface area contributed by atoms with Crippen LogP contribution in [0.4, 0.5) is 21.5 Å². The third kappa shape index (κ3) is 5.21.